The lowest BCUT2D eigenvalue weighted by Crippen LogP contribution is -2.48. The zero-order chi connectivity index (χ0) is 25.3. The summed E-state index contributed by atoms with van der Waals surface area (Å²) < 4.78 is 11.3. The summed E-state index contributed by atoms with van der Waals surface area (Å²) in [6.07, 6.45) is 0.842. The summed E-state index contributed by atoms with van der Waals surface area (Å²) in [5, 5.41) is 2.92. The molecule has 1 aliphatic heterocycles. The first kappa shape index (κ1) is 25.7. The van der Waals surface area contributed by atoms with E-state index in [4.69, 9.17) is 21.7 Å². The largest absolute Gasteiger partial charge is 0.493 e. The molecule has 3 aromatic rings. The minimum atomic E-state index is -0.217. The van der Waals surface area contributed by atoms with E-state index in [0.29, 0.717) is 11.5 Å². The number of rotatable bonds is 9. The molecule has 1 amide bonds. The number of nitrogens with zero attached hydrogens (tertiary/aromatic N) is 2. The molecule has 0 atom stereocenters. The van der Waals surface area contributed by atoms with E-state index in [9.17, 15) is 4.79 Å². The molecule has 0 spiro atoms. The second kappa shape index (κ2) is 12.5. The fourth-order valence-electron chi connectivity index (χ4n) is 4.33. The third-order valence-electron chi connectivity index (χ3n) is 6.35. The van der Waals surface area contributed by atoms with E-state index >= 15 is 0 Å². The smallest absolute Gasteiger partial charge is 0.262 e. The maximum atomic E-state index is 12.5. The van der Waals surface area contributed by atoms with Gasteiger partial charge in [-0.2, -0.15) is 0 Å². The summed E-state index contributed by atoms with van der Waals surface area (Å²) in [4.78, 5) is 18.0. The van der Waals surface area contributed by atoms with Crippen molar-refractivity contribution in [1.29, 1.82) is 0 Å². The number of thiocarbonyl (C=S) groups is 1. The van der Waals surface area contributed by atoms with Crippen LogP contribution in [0.15, 0.2) is 72.8 Å². The van der Waals surface area contributed by atoms with Crippen LogP contribution >= 0.6 is 12.2 Å². The third kappa shape index (κ3) is 6.62. The molecule has 1 saturated heterocycles. The van der Waals surface area contributed by atoms with Crippen molar-refractivity contribution >= 4 is 28.8 Å². The fourth-order valence-corrected chi connectivity index (χ4v) is 4.64. The Kier molecular flexibility index (Phi) is 8.92. The van der Waals surface area contributed by atoms with Gasteiger partial charge in [0, 0.05) is 44.0 Å². The quantitative estimate of drug-likeness (QED) is 0.425. The van der Waals surface area contributed by atoms with E-state index in [0.717, 1.165) is 60.9 Å². The predicted octanol–water partition coefficient (Wildman–Crippen LogP) is 4.77. The molecule has 0 aromatic heterocycles. The first-order valence-electron chi connectivity index (χ1n) is 12.3. The van der Waals surface area contributed by atoms with Crippen LogP contribution in [0.2, 0.25) is 0 Å². The first-order valence-corrected chi connectivity index (χ1v) is 12.7. The third-order valence-corrected chi connectivity index (χ3v) is 6.84. The Morgan fingerprint density at radius 2 is 1.67 bits per heavy atom. The average Bonchev–Trinajstić information content (AvgIpc) is 2.92. The van der Waals surface area contributed by atoms with Crippen molar-refractivity contribution < 1.29 is 14.3 Å². The van der Waals surface area contributed by atoms with Crippen LogP contribution in [0.25, 0.3) is 0 Å². The Bertz CT molecular complexity index is 1180. The monoisotopic (exact) mass is 503 g/mol. The minimum Gasteiger partial charge on any atom is -0.493 e. The molecule has 4 rings (SSSR count). The van der Waals surface area contributed by atoms with Crippen LogP contribution in [0.4, 0.5) is 5.69 Å². The number of hydrogen-bond donors (Lipinski definition) is 1. The van der Waals surface area contributed by atoms with E-state index in [1.54, 1.807) is 7.11 Å². The first-order chi connectivity index (χ1) is 17.6. The Morgan fingerprint density at radius 3 is 2.39 bits per heavy atom. The number of piperazine rings is 1. The molecular weight excluding hydrogens is 470 g/mol. The topological polar surface area (TPSA) is 54.0 Å². The lowest BCUT2D eigenvalue weighted by atomic mass is 10.1. The molecule has 0 saturated carbocycles. The van der Waals surface area contributed by atoms with Gasteiger partial charge in [0.1, 0.15) is 4.99 Å². The number of para-hydroxylation sites is 1. The number of ether oxygens (including phenoxy) is 2. The van der Waals surface area contributed by atoms with Gasteiger partial charge in [-0.3, -0.25) is 9.69 Å². The van der Waals surface area contributed by atoms with Crippen molar-refractivity contribution in [3.8, 4) is 11.5 Å². The second-order valence-electron chi connectivity index (χ2n) is 8.77. The number of aryl methyl sites for hydroxylation is 1. The van der Waals surface area contributed by atoms with Crippen molar-refractivity contribution in [2.24, 2.45) is 0 Å². The molecule has 6 nitrogen and oxygen atoms in total. The van der Waals surface area contributed by atoms with Crippen LogP contribution in [0.1, 0.15) is 23.6 Å². The number of hydrogen-bond acceptors (Lipinski definition) is 5. The highest BCUT2D eigenvalue weighted by molar-refractivity contribution is 7.80. The van der Waals surface area contributed by atoms with E-state index in [1.165, 1.54) is 5.56 Å². The van der Waals surface area contributed by atoms with E-state index in [1.807, 2.05) is 48.5 Å². The predicted molar refractivity (Wildman–Crippen MR) is 148 cm³/mol. The molecule has 0 radical (unpaired) electrons. The number of methoxy groups -OCH3 is 1. The fraction of sp³-hybridized carbons (Fsp3) is 0.310. The highest BCUT2D eigenvalue weighted by Crippen LogP contribution is 2.29. The van der Waals surface area contributed by atoms with Gasteiger partial charge in [0.2, 0.25) is 0 Å². The zero-order valence-electron chi connectivity index (χ0n) is 20.9. The molecule has 3 aromatic carbocycles. The number of carbonyl (C=O) groups is 1. The number of carbonyl (C=O) groups excluding carboxylic acids is 1. The second-order valence-corrected chi connectivity index (χ2v) is 9.15. The summed E-state index contributed by atoms with van der Waals surface area (Å²) in [6.45, 7) is 6.59. The van der Waals surface area contributed by atoms with Gasteiger partial charge in [0.05, 0.1) is 7.11 Å². The Labute approximate surface area is 218 Å². The molecule has 0 unspecified atom stereocenters. The molecular formula is C29H33N3O3S. The van der Waals surface area contributed by atoms with E-state index < -0.39 is 0 Å². The highest BCUT2D eigenvalue weighted by atomic mass is 32.1. The van der Waals surface area contributed by atoms with Gasteiger partial charge in [0.15, 0.2) is 18.1 Å². The van der Waals surface area contributed by atoms with Gasteiger partial charge < -0.3 is 19.7 Å². The average molecular weight is 504 g/mol. The van der Waals surface area contributed by atoms with Crippen molar-refractivity contribution in [2.75, 3.05) is 45.2 Å². The summed E-state index contributed by atoms with van der Waals surface area (Å²) in [5.41, 5.74) is 4.14. The van der Waals surface area contributed by atoms with Gasteiger partial charge in [0.25, 0.3) is 5.91 Å². The number of nitrogens with one attached hydrogen (secondary N) is 1. The van der Waals surface area contributed by atoms with Gasteiger partial charge in [-0.05, 0) is 41.8 Å². The Hall–Kier alpha value is -3.42. The summed E-state index contributed by atoms with van der Waals surface area (Å²) in [7, 11) is 1.59. The molecule has 0 aliphatic carbocycles. The Balaban J connectivity index is 1.31. The minimum absolute atomic E-state index is 0.110. The maximum Gasteiger partial charge on any atom is 0.262 e. The zero-order valence-corrected chi connectivity index (χ0v) is 21.7. The molecule has 36 heavy (non-hydrogen) atoms. The molecule has 1 heterocycles. The number of benzene rings is 3. The summed E-state index contributed by atoms with van der Waals surface area (Å²) in [5.74, 6) is 0.848. The summed E-state index contributed by atoms with van der Waals surface area (Å²) in [6, 6.07) is 24.0. The molecule has 1 fully saturated rings. The van der Waals surface area contributed by atoms with Crippen LogP contribution in [0.5, 0.6) is 11.5 Å². The maximum absolute atomic E-state index is 12.5. The molecule has 0 bridgehead atoms. The van der Waals surface area contributed by atoms with Gasteiger partial charge in [-0.25, -0.2) is 0 Å². The van der Waals surface area contributed by atoms with Crippen molar-refractivity contribution in [2.45, 2.75) is 19.9 Å². The van der Waals surface area contributed by atoms with E-state index in [-0.39, 0.29) is 12.5 Å². The standard InChI is InChI=1S/C29H33N3O3S/c1-3-23-11-7-8-12-25(23)30-28(33)21-35-26-14-13-24(19-27(26)34-2)29(36)32-17-15-31(16-18-32)20-22-9-5-4-6-10-22/h4-14,19H,3,15-18,20-21H2,1-2H3,(H,30,33). The van der Waals surface area contributed by atoms with Crippen LogP contribution in [-0.4, -0.2) is 60.6 Å². The number of amides is 1. The van der Waals surface area contributed by atoms with Crippen LogP contribution < -0.4 is 14.8 Å². The Morgan fingerprint density at radius 1 is 0.944 bits per heavy atom. The van der Waals surface area contributed by atoms with Crippen LogP contribution in [-0.2, 0) is 17.8 Å². The van der Waals surface area contributed by atoms with E-state index in [2.05, 4.69) is 46.3 Å². The normalized spacial score (nSPS) is 13.8. The van der Waals surface area contributed by atoms with Gasteiger partial charge in [-0.1, -0.05) is 67.7 Å². The van der Waals surface area contributed by atoms with Gasteiger partial charge >= 0.3 is 0 Å². The van der Waals surface area contributed by atoms with Crippen LogP contribution in [0.3, 0.4) is 0 Å². The number of anilines is 1. The highest BCUT2D eigenvalue weighted by Gasteiger charge is 2.21. The van der Waals surface area contributed by atoms with Crippen molar-refractivity contribution in [3.05, 3.63) is 89.5 Å². The van der Waals surface area contributed by atoms with Gasteiger partial charge in [-0.15, -0.1) is 0 Å². The van der Waals surface area contributed by atoms with Crippen molar-refractivity contribution in [3.63, 3.8) is 0 Å². The molecule has 1 N–H and O–H groups in total. The lowest BCUT2D eigenvalue weighted by molar-refractivity contribution is -0.118. The molecule has 188 valence electrons. The summed E-state index contributed by atoms with van der Waals surface area (Å²) >= 11 is 5.81. The van der Waals surface area contributed by atoms with Crippen LogP contribution in [0, 0.1) is 0 Å². The molecule has 1 aliphatic rings. The lowest BCUT2D eigenvalue weighted by Gasteiger charge is -2.36. The SMILES string of the molecule is CCc1ccccc1NC(=O)COc1ccc(C(=S)N2CCN(Cc3ccccc3)CC2)cc1OC. The van der Waals surface area contributed by atoms with Crippen molar-refractivity contribution in [1.82, 2.24) is 9.80 Å². The molecule has 7 heteroatoms.